The van der Waals surface area contributed by atoms with Gasteiger partial charge < -0.3 is 15.4 Å². The minimum atomic E-state index is -2.94. The summed E-state index contributed by atoms with van der Waals surface area (Å²) in [5, 5.41) is 5.37. The third kappa shape index (κ3) is 4.65. The Labute approximate surface area is 167 Å². The summed E-state index contributed by atoms with van der Waals surface area (Å²) in [7, 11) is 0. The second-order valence-corrected chi connectivity index (χ2v) is 8.71. The van der Waals surface area contributed by atoms with E-state index in [0.717, 1.165) is 11.3 Å². The summed E-state index contributed by atoms with van der Waals surface area (Å²) in [4.78, 5) is 38.8. The second kappa shape index (κ2) is 7.61. The zero-order chi connectivity index (χ0) is 21.4. The van der Waals surface area contributed by atoms with Crippen molar-refractivity contribution in [3.8, 4) is 5.75 Å². The lowest BCUT2D eigenvalue weighted by Gasteiger charge is -2.43. The van der Waals surface area contributed by atoms with E-state index in [1.54, 1.807) is 0 Å². The Morgan fingerprint density at radius 3 is 2.52 bits per heavy atom. The number of imide groups is 1. The SMILES string of the molecule is C[C@@H]1CC(C)(C)C[C@@]2(C1)NC(=O)N(CC(=O)Nc1ccc(OC(F)F)cc1)C2=O. The van der Waals surface area contributed by atoms with Crippen molar-refractivity contribution in [2.75, 3.05) is 11.9 Å². The van der Waals surface area contributed by atoms with Crippen LogP contribution in [0.15, 0.2) is 24.3 Å². The average molecular weight is 409 g/mol. The molecule has 2 atom stereocenters. The molecule has 1 aliphatic carbocycles. The molecular formula is C20H25F2N3O4. The van der Waals surface area contributed by atoms with Gasteiger partial charge in [0.05, 0.1) is 0 Å². The highest BCUT2D eigenvalue weighted by molar-refractivity contribution is 6.10. The lowest BCUT2D eigenvalue weighted by atomic mass is 9.64. The number of amides is 4. The minimum absolute atomic E-state index is 0.0388. The monoisotopic (exact) mass is 409 g/mol. The molecule has 0 unspecified atom stereocenters. The average Bonchev–Trinajstić information content (AvgIpc) is 2.78. The van der Waals surface area contributed by atoms with Gasteiger partial charge in [-0.05, 0) is 54.9 Å². The molecule has 0 aromatic heterocycles. The third-order valence-electron chi connectivity index (χ3n) is 5.29. The number of carbonyl (C=O) groups is 3. The number of anilines is 1. The fourth-order valence-electron chi connectivity index (χ4n) is 4.71. The number of rotatable bonds is 5. The number of ether oxygens (including phenoxy) is 1. The van der Waals surface area contributed by atoms with Crippen molar-refractivity contribution in [1.29, 1.82) is 0 Å². The summed E-state index contributed by atoms with van der Waals surface area (Å²) in [5.74, 6) is -0.706. The highest BCUT2D eigenvalue weighted by Gasteiger charge is 2.56. The van der Waals surface area contributed by atoms with Crippen molar-refractivity contribution < 1.29 is 27.9 Å². The molecule has 2 fully saturated rings. The number of nitrogens with zero attached hydrogens (tertiary/aromatic N) is 1. The molecule has 29 heavy (non-hydrogen) atoms. The van der Waals surface area contributed by atoms with Crippen LogP contribution in [-0.2, 0) is 9.59 Å². The van der Waals surface area contributed by atoms with Crippen molar-refractivity contribution in [2.24, 2.45) is 11.3 Å². The molecule has 7 nitrogen and oxygen atoms in total. The van der Waals surface area contributed by atoms with Gasteiger partial charge in [0.1, 0.15) is 17.8 Å². The van der Waals surface area contributed by atoms with Gasteiger partial charge >= 0.3 is 12.6 Å². The Kier molecular flexibility index (Phi) is 5.51. The topological polar surface area (TPSA) is 87.7 Å². The first-order chi connectivity index (χ1) is 13.5. The Morgan fingerprint density at radius 2 is 1.93 bits per heavy atom. The summed E-state index contributed by atoms with van der Waals surface area (Å²) < 4.78 is 28.6. The van der Waals surface area contributed by atoms with Crippen LogP contribution in [-0.4, -0.2) is 41.4 Å². The second-order valence-electron chi connectivity index (χ2n) is 8.71. The molecule has 1 aromatic rings. The van der Waals surface area contributed by atoms with Crippen LogP contribution >= 0.6 is 0 Å². The molecule has 2 aliphatic rings. The molecule has 0 bridgehead atoms. The first kappa shape index (κ1) is 21.0. The van der Waals surface area contributed by atoms with E-state index in [-0.39, 0.29) is 23.0 Å². The van der Waals surface area contributed by atoms with E-state index in [0.29, 0.717) is 18.5 Å². The van der Waals surface area contributed by atoms with E-state index in [9.17, 15) is 23.2 Å². The fourth-order valence-corrected chi connectivity index (χ4v) is 4.71. The summed E-state index contributed by atoms with van der Waals surface area (Å²) in [6.07, 6.45) is 2.03. The van der Waals surface area contributed by atoms with Gasteiger partial charge in [0, 0.05) is 5.69 Å². The molecule has 158 valence electrons. The van der Waals surface area contributed by atoms with Crippen LogP contribution in [0.5, 0.6) is 5.75 Å². The number of carbonyl (C=O) groups excluding carboxylic acids is 3. The van der Waals surface area contributed by atoms with Gasteiger partial charge in [-0.25, -0.2) is 4.79 Å². The van der Waals surface area contributed by atoms with Gasteiger partial charge in [0.2, 0.25) is 5.91 Å². The van der Waals surface area contributed by atoms with Crippen molar-refractivity contribution in [1.82, 2.24) is 10.2 Å². The number of hydrogen-bond donors (Lipinski definition) is 2. The Balaban J connectivity index is 1.65. The number of hydrogen-bond acceptors (Lipinski definition) is 4. The van der Waals surface area contributed by atoms with E-state index < -0.39 is 30.6 Å². The number of halogens is 2. The number of benzene rings is 1. The van der Waals surface area contributed by atoms with Gasteiger partial charge in [-0.15, -0.1) is 0 Å². The van der Waals surface area contributed by atoms with Crippen LogP contribution in [0.2, 0.25) is 0 Å². The normalized spacial score (nSPS) is 26.0. The van der Waals surface area contributed by atoms with E-state index in [2.05, 4.69) is 36.1 Å². The van der Waals surface area contributed by atoms with Gasteiger partial charge in [-0.1, -0.05) is 20.8 Å². The maximum absolute atomic E-state index is 13.0. The summed E-state index contributed by atoms with van der Waals surface area (Å²) in [5.41, 5.74) is -0.723. The minimum Gasteiger partial charge on any atom is -0.435 e. The lowest BCUT2D eigenvalue weighted by Crippen LogP contribution is -2.54. The Morgan fingerprint density at radius 1 is 1.28 bits per heavy atom. The first-order valence-corrected chi connectivity index (χ1v) is 9.49. The molecule has 2 N–H and O–H groups in total. The quantitative estimate of drug-likeness (QED) is 0.730. The molecule has 9 heteroatoms. The third-order valence-corrected chi connectivity index (χ3v) is 5.29. The maximum atomic E-state index is 13.0. The maximum Gasteiger partial charge on any atom is 0.387 e. The van der Waals surface area contributed by atoms with Crippen LogP contribution in [0, 0.1) is 11.3 Å². The molecule has 1 spiro atoms. The van der Waals surface area contributed by atoms with Crippen LogP contribution in [0.1, 0.15) is 40.0 Å². The zero-order valence-electron chi connectivity index (χ0n) is 16.6. The van der Waals surface area contributed by atoms with Gasteiger partial charge in [0.15, 0.2) is 0 Å². The zero-order valence-corrected chi connectivity index (χ0v) is 16.6. The van der Waals surface area contributed by atoms with E-state index in [4.69, 9.17) is 0 Å². The van der Waals surface area contributed by atoms with Crippen molar-refractivity contribution >= 4 is 23.5 Å². The predicted molar refractivity (Wildman–Crippen MR) is 101 cm³/mol. The van der Waals surface area contributed by atoms with Crippen molar-refractivity contribution in [2.45, 2.75) is 52.2 Å². The molecule has 3 rings (SSSR count). The van der Waals surface area contributed by atoms with Crippen LogP contribution < -0.4 is 15.4 Å². The molecular weight excluding hydrogens is 384 g/mol. The number of urea groups is 1. The summed E-state index contributed by atoms with van der Waals surface area (Å²) >= 11 is 0. The molecule has 4 amide bonds. The molecule has 1 aliphatic heterocycles. The largest absolute Gasteiger partial charge is 0.435 e. The van der Waals surface area contributed by atoms with Gasteiger partial charge in [-0.2, -0.15) is 8.78 Å². The van der Waals surface area contributed by atoms with E-state index in [1.165, 1.54) is 24.3 Å². The number of alkyl halides is 2. The van der Waals surface area contributed by atoms with Gasteiger partial charge in [0.25, 0.3) is 5.91 Å². The van der Waals surface area contributed by atoms with Crippen molar-refractivity contribution in [3.63, 3.8) is 0 Å². The van der Waals surface area contributed by atoms with Crippen molar-refractivity contribution in [3.05, 3.63) is 24.3 Å². The van der Waals surface area contributed by atoms with E-state index >= 15 is 0 Å². The number of nitrogens with one attached hydrogen (secondary N) is 2. The molecule has 0 radical (unpaired) electrons. The predicted octanol–water partition coefficient (Wildman–Crippen LogP) is 3.36. The molecule has 1 saturated carbocycles. The van der Waals surface area contributed by atoms with Gasteiger partial charge in [-0.3, -0.25) is 14.5 Å². The Hall–Kier alpha value is -2.71. The van der Waals surface area contributed by atoms with Crippen LogP contribution in [0.25, 0.3) is 0 Å². The van der Waals surface area contributed by atoms with E-state index in [1.807, 2.05) is 0 Å². The van der Waals surface area contributed by atoms with Crippen LogP contribution in [0.4, 0.5) is 19.3 Å². The highest BCUT2D eigenvalue weighted by Crippen LogP contribution is 2.46. The molecule has 1 heterocycles. The van der Waals surface area contributed by atoms with Crippen LogP contribution in [0.3, 0.4) is 0 Å². The lowest BCUT2D eigenvalue weighted by molar-refractivity contribution is -0.136. The standard InChI is InChI=1S/C20H25F2N3O4/c1-12-8-19(2,3)11-20(9-12)16(27)25(18(28)24-20)10-15(26)23-13-4-6-14(7-5-13)29-17(21)22/h4-7,12,17H,8-11H2,1-3H3,(H,23,26)(H,24,28)/t12-,20-/m1/s1. The smallest absolute Gasteiger partial charge is 0.387 e. The molecule has 1 saturated heterocycles. The highest BCUT2D eigenvalue weighted by atomic mass is 19.3. The Bertz CT molecular complexity index is 812. The first-order valence-electron chi connectivity index (χ1n) is 9.49. The summed E-state index contributed by atoms with van der Waals surface area (Å²) in [6, 6.07) is 4.80. The fraction of sp³-hybridized carbons (Fsp3) is 0.550. The molecule has 1 aromatic carbocycles. The summed E-state index contributed by atoms with van der Waals surface area (Å²) in [6.45, 7) is 2.84.